The molecule has 0 unspecified atom stereocenters. The number of guanidine groups is 1. The van der Waals surface area contributed by atoms with Gasteiger partial charge in [-0.2, -0.15) is 0 Å². The van der Waals surface area contributed by atoms with Crippen LogP contribution in [-0.2, 0) is 17.8 Å². The average molecular weight is 435 g/mol. The van der Waals surface area contributed by atoms with E-state index >= 15 is 0 Å². The number of thiophene rings is 1. The van der Waals surface area contributed by atoms with Crippen LogP contribution < -0.4 is 10.6 Å². The van der Waals surface area contributed by atoms with E-state index in [0.29, 0.717) is 18.9 Å². The van der Waals surface area contributed by atoms with Crippen LogP contribution in [0.1, 0.15) is 23.3 Å². The average Bonchev–Trinajstić information content (AvgIpc) is 3.21. The van der Waals surface area contributed by atoms with Crippen molar-refractivity contribution in [3.8, 4) is 0 Å². The Morgan fingerprint density at radius 3 is 2.83 bits per heavy atom. The molecule has 0 fully saturated rings. The van der Waals surface area contributed by atoms with E-state index in [9.17, 15) is 9.18 Å². The lowest BCUT2D eigenvalue weighted by Crippen LogP contribution is -2.41. The molecule has 0 bridgehead atoms. The van der Waals surface area contributed by atoms with Gasteiger partial charge in [0.2, 0.25) is 5.91 Å². The highest BCUT2D eigenvalue weighted by Crippen LogP contribution is 2.24. The summed E-state index contributed by atoms with van der Waals surface area (Å²) in [6.07, 6.45) is 2.38. The Morgan fingerprint density at radius 2 is 2.03 bits per heavy atom. The van der Waals surface area contributed by atoms with Crippen LogP contribution in [0.2, 0.25) is 0 Å². The van der Waals surface area contributed by atoms with E-state index in [1.54, 1.807) is 42.3 Å². The molecule has 1 aromatic heterocycles. The zero-order valence-corrected chi connectivity index (χ0v) is 18.3. The summed E-state index contributed by atoms with van der Waals surface area (Å²) in [5, 5.41) is 8.59. The molecule has 0 radical (unpaired) electrons. The van der Waals surface area contributed by atoms with Crippen LogP contribution >= 0.6 is 23.1 Å². The van der Waals surface area contributed by atoms with Gasteiger partial charge in [-0.15, -0.1) is 23.1 Å². The fourth-order valence-corrected chi connectivity index (χ4v) is 4.87. The number of nitrogens with one attached hydrogen (secondary N) is 2. The summed E-state index contributed by atoms with van der Waals surface area (Å²) < 4.78 is 12.9. The molecule has 0 atom stereocenters. The van der Waals surface area contributed by atoms with Gasteiger partial charge in [0, 0.05) is 49.4 Å². The zero-order chi connectivity index (χ0) is 20.5. The highest BCUT2D eigenvalue weighted by molar-refractivity contribution is 7.99. The Labute approximate surface area is 179 Å². The lowest BCUT2D eigenvalue weighted by Gasteiger charge is -2.27. The summed E-state index contributed by atoms with van der Waals surface area (Å²) in [4.78, 5) is 21.1. The smallest absolute Gasteiger partial charge is 0.224 e. The summed E-state index contributed by atoms with van der Waals surface area (Å²) in [5.41, 5.74) is 1.29. The van der Waals surface area contributed by atoms with E-state index in [-0.39, 0.29) is 11.7 Å². The number of amides is 1. The van der Waals surface area contributed by atoms with Crippen molar-refractivity contribution in [3.63, 3.8) is 0 Å². The van der Waals surface area contributed by atoms with Gasteiger partial charge in [-0.05, 0) is 59.9 Å². The second-order valence-electron chi connectivity index (χ2n) is 6.77. The lowest BCUT2D eigenvalue weighted by atomic mass is 10.1. The maximum Gasteiger partial charge on any atom is 0.224 e. The molecule has 0 saturated carbocycles. The minimum Gasteiger partial charge on any atom is -0.356 e. The van der Waals surface area contributed by atoms with Crippen molar-refractivity contribution >= 4 is 35.0 Å². The predicted octanol–water partition coefficient (Wildman–Crippen LogP) is 3.51. The number of rotatable bonds is 8. The number of hydrogen-bond acceptors (Lipinski definition) is 4. The minimum absolute atomic E-state index is 0.181. The number of nitrogens with zero attached hydrogens (tertiary/aromatic N) is 2. The van der Waals surface area contributed by atoms with Gasteiger partial charge in [-0.1, -0.05) is 0 Å². The van der Waals surface area contributed by atoms with Crippen molar-refractivity contribution in [2.45, 2.75) is 30.7 Å². The van der Waals surface area contributed by atoms with Crippen molar-refractivity contribution in [1.29, 1.82) is 0 Å². The maximum absolute atomic E-state index is 12.9. The molecular formula is C21H27FN4OS2. The van der Waals surface area contributed by atoms with E-state index in [0.717, 1.165) is 43.1 Å². The molecule has 2 heterocycles. The fourth-order valence-electron chi connectivity index (χ4n) is 3.13. The van der Waals surface area contributed by atoms with E-state index in [1.165, 1.54) is 22.6 Å². The summed E-state index contributed by atoms with van der Waals surface area (Å²) >= 11 is 3.49. The fraction of sp³-hybridized carbons (Fsp3) is 0.429. The van der Waals surface area contributed by atoms with Crippen molar-refractivity contribution in [3.05, 3.63) is 52.0 Å². The molecule has 29 heavy (non-hydrogen) atoms. The topological polar surface area (TPSA) is 56.7 Å². The van der Waals surface area contributed by atoms with E-state index in [4.69, 9.17) is 0 Å². The summed E-state index contributed by atoms with van der Waals surface area (Å²) in [6.45, 7) is 2.89. The van der Waals surface area contributed by atoms with Gasteiger partial charge in [0.15, 0.2) is 5.96 Å². The summed E-state index contributed by atoms with van der Waals surface area (Å²) in [6, 6.07) is 8.68. The number of halogens is 1. The van der Waals surface area contributed by atoms with Gasteiger partial charge in [0.05, 0.1) is 0 Å². The highest BCUT2D eigenvalue weighted by atomic mass is 32.2. The minimum atomic E-state index is -0.208. The van der Waals surface area contributed by atoms with Crippen LogP contribution in [0.15, 0.2) is 45.6 Å². The second kappa shape index (κ2) is 11.2. The van der Waals surface area contributed by atoms with Gasteiger partial charge in [0.25, 0.3) is 0 Å². The molecule has 8 heteroatoms. The van der Waals surface area contributed by atoms with Crippen LogP contribution in [0.4, 0.5) is 4.39 Å². The van der Waals surface area contributed by atoms with Crippen LogP contribution in [-0.4, -0.2) is 49.2 Å². The maximum atomic E-state index is 12.9. The Hall–Kier alpha value is -2.06. The standard InChI is InChI=1S/C21H27FN4OS2/c1-23-21(24-10-2-13-28-18-5-3-17(22)4-6-18)25-11-7-20(27)26-12-8-19-16(15-26)9-14-29-19/h3-6,9,14H,2,7-8,10-13,15H2,1H3,(H2,23,24,25). The van der Waals surface area contributed by atoms with Gasteiger partial charge in [-0.25, -0.2) is 4.39 Å². The molecule has 156 valence electrons. The molecule has 2 N–H and O–H groups in total. The Morgan fingerprint density at radius 1 is 1.24 bits per heavy atom. The van der Waals surface area contributed by atoms with Gasteiger partial charge in [-0.3, -0.25) is 9.79 Å². The molecular weight excluding hydrogens is 407 g/mol. The first-order chi connectivity index (χ1) is 14.2. The molecule has 1 aliphatic rings. The Bertz CT molecular complexity index is 822. The van der Waals surface area contributed by atoms with Crippen LogP contribution in [0.3, 0.4) is 0 Å². The van der Waals surface area contributed by atoms with Crippen LogP contribution in [0.5, 0.6) is 0 Å². The largest absolute Gasteiger partial charge is 0.356 e. The third kappa shape index (κ3) is 6.75. The number of fused-ring (bicyclic) bond motifs is 1. The number of carbonyl (C=O) groups is 1. The Kier molecular flexibility index (Phi) is 8.37. The molecule has 2 aromatic rings. The second-order valence-corrected chi connectivity index (χ2v) is 8.94. The van der Waals surface area contributed by atoms with Crippen molar-refractivity contribution < 1.29 is 9.18 Å². The van der Waals surface area contributed by atoms with Gasteiger partial charge >= 0.3 is 0 Å². The molecule has 3 rings (SSSR count). The molecule has 0 spiro atoms. The van der Waals surface area contributed by atoms with E-state index < -0.39 is 0 Å². The number of hydrogen-bond donors (Lipinski definition) is 2. The van der Waals surface area contributed by atoms with E-state index in [1.807, 2.05) is 4.90 Å². The molecule has 1 aliphatic heterocycles. The SMILES string of the molecule is CN=C(NCCCSc1ccc(F)cc1)NCCC(=O)N1CCc2sccc2C1. The van der Waals surface area contributed by atoms with Crippen molar-refractivity contribution in [2.24, 2.45) is 4.99 Å². The summed E-state index contributed by atoms with van der Waals surface area (Å²) in [5.74, 6) is 1.62. The first kappa shape index (κ1) is 21.6. The third-order valence-corrected chi connectivity index (χ3v) is 6.83. The Balaban J connectivity index is 1.28. The molecule has 0 saturated heterocycles. The summed E-state index contributed by atoms with van der Waals surface area (Å²) in [7, 11) is 1.73. The number of carbonyl (C=O) groups excluding carboxylic acids is 1. The van der Waals surface area contributed by atoms with E-state index in [2.05, 4.69) is 27.1 Å². The predicted molar refractivity (Wildman–Crippen MR) is 119 cm³/mol. The normalized spacial score (nSPS) is 13.9. The quantitative estimate of drug-likeness (QED) is 0.289. The van der Waals surface area contributed by atoms with Gasteiger partial charge in [0.1, 0.15) is 5.82 Å². The first-order valence-electron chi connectivity index (χ1n) is 9.81. The van der Waals surface area contributed by atoms with Crippen molar-refractivity contribution in [2.75, 3.05) is 32.4 Å². The van der Waals surface area contributed by atoms with Gasteiger partial charge < -0.3 is 15.5 Å². The third-order valence-electron chi connectivity index (χ3n) is 4.71. The molecule has 1 amide bonds. The molecule has 1 aromatic carbocycles. The van der Waals surface area contributed by atoms with Crippen LogP contribution in [0.25, 0.3) is 0 Å². The number of thioether (sulfide) groups is 1. The lowest BCUT2D eigenvalue weighted by molar-refractivity contribution is -0.131. The molecule has 0 aliphatic carbocycles. The first-order valence-corrected chi connectivity index (χ1v) is 11.7. The molecule has 5 nitrogen and oxygen atoms in total. The van der Waals surface area contributed by atoms with Crippen LogP contribution in [0, 0.1) is 5.82 Å². The zero-order valence-electron chi connectivity index (χ0n) is 16.6. The number of aliphatic imine (C=N–C) groups is 1. The monoisotopic (exact) mass is 434 g/mol. The van der Waals surface area contributed by atoms with Crippen molar-refractivity contribution in [1.82, 2.24) is 15.5 Å². The number of benzene rings is 1. The highest BCUT2D eigenvalue weighted by Gasteiger charge is 2.20.